The van der Waals surface area contributed by atoms with Crippen LogP contribution in [0.2, 0.25) is 0 Å². The van der Waals surface area contributed by atoms with E-state index in [0.29, 0.717) is 12.5 Å². The Kier molecular flexibility index (Phi) is 3.24. The van der Waals surface area contributed by atoms with Crippen LogP contribution in [0.4, 0.5) is 13.2 Å². The van der Waals surface area contributed by atoms with E-state index in [2.05, 4.69) is 5.32 Å². The van der Waals surface area contributed by atoms with Crippen molar-refractivity contribution in [2.75, 3.05) is 13.1 Å². The second kappa shape index (κ2) is 4.32. The molecule has 4 heteroatoms. The average Bonchev–Trinajstić information content (AvgIpc) is 2.67. The maximum atomic E-state index is 12.7. The van der Waals surface area contributed by atoms with Crippen LogP contribution in [-0.4, -0.2) is 19.3 Å². The van der Waals surface area contributed by atoms with Crippen molar-refractivity contribution in [2.24, 2.45) is 17.8 Å². The lowest BCUT2D eigenvalue weighted by Gasteiger charge is -2.31. The molecular formula is C11H18F3N. The van der Waals surface area contributed by atoms with Crippen molar-refractivity contribution >= 4 is 0 Å². The van der Waals surface area contributed by atoms with Gasteiger partial charge in [0.15, 0.2) is 0 Å². The summed E-state index contributed by atoms with van der Waals surface area (Å²) in [6, 6.07) is 0. The van der Waals surface area contributed by atoms with E-state index in [1.54, 1.807) is 0 Å². The fraction of sp³-hybridized carbons (Fsp3) is 1.00. The summed E-state index contributed by atoms with van der Waals surface area (Å²) < 4.78 is 38.2. The van der Waals surface area contributed by atoms with Gasteiger partial charge >= 0.3 is 6.18 Å². The molecule has 1 heterocycles. The van der Waals surface area contributed by atoms with E-state index in [-0.39, 0.29) is 12.5 Å². The zero-order valence-corrected chi connectivity index (χ0v) is 8.82. The lowest BCUT2D eigenvalue weighted by Crippen LogP contribution is -2.34. The third kappa shape index (κ3) is 2.47. The highest BCUT2D eigenvalue weighted by Gasteiger charge is 2.49. The molecular weight excluding hydrogens is 203 g/mol. The molecule has 0 radical (unpaired) electrons. The first kappa shape index (κ1) is 11.2. The van der Waals surface area contributed by atoms with E-state index < -0.39 is 12.1 Å². The molecule has 2 rings (SSSR count). The zero-order valence-electron chi connectivity index (χ0n) is 8.82. The van der Waals surface area contributed by atoms with Crippen LogP contribution < -0.4 is 5.32 Å². The monoisotopic (exact) mass is 221 g/mol. The predicted molar refractivity (Wildman–Crippen MR) is 52.5 cm³/mol. The van der Waals surface area contributed by atoms with Crippen molar-refractivity contribution in [1.29, 1.82) is 0 Å². The lowest BCUT2D eigenvalue weighted by atomic mass is 9.75. The molecule has 2 atom stereocenters. The number of rotatable bonds is 1. The van der Waals surface area contributed by atoms with Crippen molar-refractivity contribution in [2.45, 2.75) is 38.3 Å². The minimum absolute atomic E-state index is 0.130. The average molecular weight is 221 g/mol. The molecule has 0 bridgehead atoms. The second-order valence-electron chi connectivity index (χ2n) is 4.87. The largest absolute Gasteiger partial charge is 0.393 e. The van der Waals surface area contributed by atoms with E-state index in [9.17, 15) is 13.2 Å². The summed E-state index contributed by atoms with van der Waals surface area (Å²) in [4.78, 5) is 0. The number of halogens is 3. The summed E-state index contributed by atoms with van der Waals surface area (Å²) in [7, 11) is 0. The molecule has 0 aromatic heterocycles. The van der Waals surface area contributed by atoms with Crippen LogP contribution in [0, 0.1) is 17.8 Å². The second-order valence-corrected chi connectivity index (χ2v) is 4.87. The van der Waals surface area contributed by atoms with Gasteiger partial charge in [-0.25, -0.2) is 0 Å². The van der Waals surface area contributed by atoms with E-state index >= 15 is 0 Å². The first-order valence-corrected chi connectivity index (χ1v) is 5.86. The van der Waals surface area contributed by atoms with Crippen LogP contribution in [0.5, 0.6) is 0 Å². The summed E-state index contributed by atoms with van der Waals surface area (Å²) in [6.07, 6.45) is 1.42. The molecule has 1 N–H and O–H groups in total. The Bertz CT molecular complexity index is 208. The first-order valence-electron chi connectivity index (χ1n) is 5.86. The van der Waals surface area contributed by atoms with Gasteiger partial charge in [0.25, 0.3) is 0 Å². The van der Waals surface area contributed by atoms with Gasteiger partial charge in [0.05, 0.1) is 5.92 Å². The van der Waals surface area contributed by atoms with E-state index in [1.807, 2.05) is 0 Å². The van der Waals surface area contributed by atoms with Crippen LogP contribution in [0.3, 0.4) is 0 Å². The summed E-state index contributed by atoms with van der Waals surface area (Å²) in [5.41, 5.74) is 0. The summed E-state index contributed by atoms with van der Waals surface area (Å²) in [6.45, 7) is 0.694. The topological polar surface area (TPSA) is 12.0 Å². The maximum Gasteiger partial charge on any atom is 0.393 e. The van der Waals surface area contributed by atoms with E-state index in [4.69, 9.17) is 0 Å². The van der Waals surface area contributed by atoms with E-state index in [0.717, 1.165) is 25.7 Å². The molecule has 1 aliphatic heterocycles. The molecule has 1 nitrogen and oxygen atoms in total. The minimum Gasteiger partial charge on any atom is -0.316 e. The molecule has 15 heavy (non-hydrogen) atoms. The van der Waals surface area contributed by atoms with Gasteiger partial charge in [-0.15, -0.1) is 0 Å². The predicted octanol–water partition coefficient (Wildman–Crippen LogP) is 2.96. The van der Waals surface area contributed by atoms with Crippen molar-refractivity contribution in [1.82, 2.24) is 5.32 Å². The van der Waals surface area contributed by atoms with Gasteiger partial charge in [-0.05, 0) is 18.4 Å². The number of alkyl halides is 3. The molecule has 0 aromatic rings. The van der Waals surface area contributed by atoms with Gasteiger partial charge in [0, 0.05) is 6.54 Å². The molecule has 1 saturated carbocycles. The Morgan fingerprint density at radius 3 is 2.20 bits per heavy atom. The van der Waals surface area contributed by atoms with Crippen molar-refractivity contribution in [3.8, 4) is 0 Å². The fourth-order valence-electron chi connectivity index (χ4n) is 3.12. The molecule has 1 saturated heterocycles. The first-order chi connectivity index (χ1) is 7.09. The van der Waals surface area contributed by atoms with E-state index in [1.165, 1.54) is 6.42 Å². The van der Waals surface area contributed by atoms with Gasteiger partial charge in [0.1, 0.15) is 0 Å². The van der Waals surface area contributed by atoms with Crippen LogP contribution in [-0.2, 0) is 0 Å². The summed E-state index contributed by atoms with van der Waals surface area (Å²) in [5.74, 6) is -0.953. The van der Waals surface area contributed by atoms with Crippen LogP contribution in [0.1, 0.15) is 32.1 Å². The van der Waals surface area contributed by atoms with Crippen molar-refractivity contribution in [3.05, 3.63) is 0 Å². The number of hydrogen-bond donors (Lipinski definition) is 1. The SMILES string of the molecule is FC(F)(F)C1CNCC1C1CCCCC1. The molecule has 2 aliphatic rings. The molecule has 2 fully saturated rings. The third-order valence-electron chi connectivity index (χ3n) is 3.94. The molecule has 2 unspecified atom stereocenters. The van der Waals surface area contributed by atoms with Gasteiger partial charge in [-0.3, -0.25) is 0 Å². The Labute approximate surface area is 88.4 Å². The third-order valence-corrected chi connectivity index (χ3v) is 3.94. The minimum atomic E-state index is -4.01. The Hall–Kier alpha value is -0.250. The van der Waals surface area contributed by atoms with Crippen LogP contribution in [0.15, 0.2) is 0 Å². The zero-order chi connectivity index (χ0) is 10.9. The summed E-state index contributed by atoms with van der Waals surface area (Å²) in [5, 5.41) is 2.91. The molecule has 0 spiro atoms. The summed E-state index contributed by atoms with van der Waals surface area (Å²) >= 11 is 0. The molecule has 0 amide bonds. The normalized spacial score (nSPS) is 34.6. The highest BCUT2D eigenvalue weighted by molar-refractivity contribution is 4.90. The number of nitrogens with one attached hydrogen (secondary N) is 1. The van der Waals surface area contributed by atoms with Gasteiger partial charge in [-0.2, -0.15) is 13.2 Å². The van der Waals surface area contributed by atoms with Crippen LogP contribution >= 0.6 is 0 Å². The van der Waals surface area contributed by atoms with Gasteiger partial charge in [-0.1, -0.05) is 32.1 Å². The van der Waals surface area contributed by atoms with Crippen molar-refractivity contribution < 1.29 is 13.2 Å². The molecule has 88 valence electrons. The van der Waals surface area contributed by atoms with Crippen molar-refractivity contribution in [3.63, 3.8) is 0 Å². The molecule has 0 aromatic carbocycles. The van der Waals surface area contributed by atoms with Gasteiger partial charge < -0.3 is 5.32 Å². The highest BCUT2D eigenvalue weighted by Crippen LogP contribution is 2.42. The fourth-order valence-corrected chi connectivity index (χ4v) is 3.12. The van der Waals surface area contributed by atoms with Gasteiger partial charge in [0.2, 0.25) is 0 Å². The highest BCUT2D eigenvalue weighted by atomic mass is 19.4. The number of hydrogen-bond acceptors (Lipinski definition) is 1. The maximum absolute atomic E-state index is 12.7. The Morgan fingerprint density at radius 1 is 0.933 bits per heavy atom. The van der Waals surface area contributed by atoms with Crippen LogP contribution in [0.25, 0.3) is 0 Å². The Morgan fingerprint density at radius 2 is 1.60 bits per heavy atom. The smallest absolute Gasteiger partial charge is 0.316 e. The standard InChI is InChI=1S/C11H18F3N/c12-11(13,14)10-7-15-6-9(10)8-4-2-1-3-5-8/h8-10,15H,1-7H2. The lowest BCUT2D eigenvalue weighted by molar-refractivity contribution is -0.184. The molecule has 1 aliphatic carbocycles. The quantitative estimate of drug-likeness (QED) is 0.717. The Balaban J connectivity index is 2.00.